The van der Waals surface area contributed by atoms with Crippen LogP contribution in [0, 0.1) is 0 Å². The fourth-order valence-corrected chi connectivity index (χ4v) is 3.29. The summed E-state index contributed by atoms with van der Waals surface area (Å²) in [5, 5.41) is 0. The Balaban J connectivity index is 3.29. The van der Waals surface area contributed by atoms with Gasteiger partial charge in [0.25, 0.3) is 0 Å². The molecular formula is C4H7ClSe2. The first-order chi connectivity index (χ1) is 3.31. The zero-order chi connectivity index (χ0) is 5.70. The van der Waals surface area contributed by atoms with Crippen LogP contribution in [0.1, 0.15) is 0 Å². The molecule has 0 N–H and O–H groups in total. The molecule has 0 bridgehead atoms. The van der Waals surface area contributed by atoms with Crippen molar-refractivity contribution >= 4 is 41.5 Å². The van der Waals surface area contributed by atoms with E-state index in [4.69, 9.17) is 11.6 Å². The number of hydrogen-bond acceptors (Lipinski definition) is 0. The van der Waals surface area contributed by atoms with Gasteiger partial charge in [-0.3, -0.25) is 0 Å². The average Bonchev–Trinajstić information content (AvgIpc) is 1.68. The van der Waals surface area contributed by atoms with Gasteiger partial charge >= 0.3 is 62.1 Å². The predicted molar refractivity (Wildman–Crippen MR) is 37.2 cm³/mol. The topological polar surface area (TPSA) is 0 Å². The number of rotatable bonds is 2. The Morgan fingerprint density at radius 1 is 1.57 bits per heavy atom. The first kappa shape index (κ1) is 8.07. The maximum absolute atomic E-state index is 5.67. The van der Waals surface area contributed by atoms with Crippen LogP contribution >= 0.6 is 11.6 Å². The third-order valence-corrected chi connectivity index (χ3v) is 4.42. The van der Waals surface area contributed by atoms with Crippen molar-refractivity contribution in [2.45, 2.75) is 11.6 Å². The molecule has 0 aliphatic rings. The van der Waals surface area contributed by atoms with Crippen molar-refractivity contribution in [1.29, 1.82) is 0 Å². The summed E-state index contributed by atoms with van der Waals surface area (Å²) >= 11 is 6.82. The van der Waals surface area contributed by atoms with Crippen LogP contribution in [0.2, 0.25) is 11.6 Å². The molecular weight excluding hydrogens is 241 g/mol. The summed E-state index contributed by atoms with van der Waals surface area (Å²) in [6, 6.07) is 0. The standard InChI is InChI=1S/C4H7ClSe2/c1-6-3-4(5)7-2/h3H,1-2H3/b4-3+. The Kier molecular flexibility index (Phi) is 6.01. The van der Waals surface area contributed by atoms with E-state index in [2.05, 4.69) is 16.6 Å². The molecule has 7 heavy (non-hydrogen) atoms. The average molecular weight is 248 g/mol. The van der Waals surface area contributed by atoms with Gasteiger partial charge in [-0.2, -0.15) is 0 Å². The molecule has 0 spiro atoms. The Labute approximate surface area is 62.0 Å². The molecule has 0 aliphatic heterocycles. The Bertz CT molecular complexity index is 70.1. The van der Waals surface area contributed by atoms with Crippen LogP contribution in [0.15, 0.2) is 8.91 Å². The summed E-state index contributed by atoms with van der Waals surface area (Å²) in [4.78, 5) is 2.12. The molecule has 0 saturated heterocycles. The number of halogens is 1. The van der Waals surface area contributed by atoms with Crippen LogP contribution in [-0.2, 0) is 0 Å². The second-order valence-electron chi connectivity index (χ2n) is 0.862. The summed E-state index contributed by atoms with van der Waals surface area (Å²) < 4.78 is 1.06. The summed E-state index contributed by atoms with van der Waals surface area (Å²) in [6.45, 7) is 0. The molecule has 0 radical (unpaired) electrons. The summed E-state index contributed by atoms with van der Waals surface area (Å²) in [5.41, 5.74) is 0. The van der Waals surface area contributed by atoms with E-state index in [1.54, 1.807) is 0 Å². The zero-order valence-electron chi connectivity index (χ0n) is 4.27. The molecule has 0 unspecified atom stereocenters. The fraction of sp³-hybridized carbons (Fsp3) is 0.500. The quantitative estimate of drug-likeness (QED) is 0.650. The van der Waals surface area contributed by atoms with Crippen molar-refractivity contribution in [1.82, 2.24) is 0 Å². The van der Waals surface area contributed by atoms with Gasteiger partial charge in [0.2, 0.25) is 0 Å². The molecule has 0 atom stereocenters. The summed E-state index contributed by atoms with van der Waals surface area (Å²) in [6.07, 6.45) is 0. The van der Waals surface area contributed by atoms with Crippen molar-refractivity contribution in [2.24, 2.45) is 0 Å². The van der Waals surface area contributed by atoms with Crippen molar-refractivity contribution in [3.63, 3.8) is 0 Å². The summed E-state index contributed by atoms with van der Waals surface area (Å²) in [7, 11) is 0. The molecule has 0 rings (SSSR count). The van der Waals surface area contributed by atoms with Crippen molar-refractivity contribution in [2.75, 3.05) is 0 Å². The van der Waals surface area contributed by atoms with Crippen LogP contribution in [-0.4, -0.2) is 29.9 Å². The van der Waals surface area contributed by atoms with E-state index in [0.717, 1.165) is 3.93 Å². The van der Waals surface area contributed by atoms with Crippen LogP contribution in [0.5, 0.6) is 0 Å². The van der Waals surface area contributed by atoms with E-state index in [1.165, 1.54) is 0 Å². The van der Waals surface area contributed by atoms with E-state index in [1.807, 2.05) is 0 Å². The zero-order valence-corrected chi connectivity index (χ0v) is 8.45. The third-order valence-electron chi connectivity index (χ3n) is 0.406. The first-order valence-corrected chi connectivity index (χ1v) is 7.38. The molecule has 0 nitrogen and oxygen atoms in total. The van der Waals surface area contributed by atoms with Gasteiger partial charge in [-0.25, -0.2) is 0 Å². The molecule has 0 saturated carbocycles. The molecule has 0 amide bonds. The normalized spacial score (nSPS) is 12.1. The van der Waals surface area contributed by atoms with Gasteiger partial charge in [0.05, 0.1) is 0 Å². The van der Waals surface area contributed by atoms with Crippen LogP contribution < -0.4 is 0 Å². The summed E-state index contributed by atoms with van der Waals surface area (Å²) in [5.74, 6) is 4.28. The maximum atomic E-state index is 5.67. The first-order valence-electron chi connectivity index (χ1n) is 1.73. The molecule has 42 valence electrons. The third kappa shape index (κ3) is 4.93. The van der Waals surface area contributed by atoms with Crippen molar-refractivity contribution in [3.8, 4) is 0 Å². The van der Waals surface area contributed by atoms with Crippen LogP contribution in [0.3, 0.4) is 0 Å². The van der Waals surface area contributed by atoms with Crippen LogP contribution in [0.4, 0.5) is 0 Å². The molecule has 0 fully saturated rings. The van der Waals surface area contributed by atoms with Gasteiger partial charge in [0.15, 0.2) is 0 Å². The van der Waals surface area contributed by atoms with Crippen molar-refractivity contribution < 1.29 is 0 Å². The van der Waals surface area contributed by atoms with E-state index in [9.17, 15) is 0 Å². The number of hydrogen-bond donors (Lipinski definition) is 0. The predicted octanol–water partition coefficient (Wildman–Crippen LogP) is 1.53. The fourth-order valence-electron chi connectivity index (χ4n) is 0.141. The van der Waals surface area contributed by atoms with Gasteiger partial charge in [-0.15, -0.1) is 0 Å². The molecule has 0 aliphatic carbocycles. The second kappa shape index (κ2) is 5.21. The monoisotopic (exact) mass is 250 g/mol. The minimum absolute atomic E-state index is 0.527. The Morgan fingerprint density at radius 3 is 2.29 bits per heavy atom. The molecule has 0 aromatic heterocycles. The molecule has 0 heterocycles. The Hall–Kier alpha value is 1.07. The van der Waals surface area contributed by atoms with E-state index < -0.39 is 0 Å². The minimum atomic E-state index is 0.527. The van der Waals surface area contributed by atoms with E-state index >= 15 is 0 Å². The van der Waals surface area contributed by atoms with Gasteiger partial charge in [0.1, 0.15) is 0 Å². The van der Waals surface area contributed by atoms with Crippen molar-refractivity contribution in [3.05, 3.63) is 8.91 Å². The second-order valence-corrected chi connectivity index (χ2v) is 5.04. The Morgan fingerprint density at radius 2 is 2.14 bits per heavy atom. The molecule has 0 aromatic carbocycles. The van der Waals surface area contributed by atoms with Crippen LogP contribution in [0.25, 0.3) is 0 Å². The van der Waals surface area contributed by atoms with Gasteiger partial charge in [0, 0.05) is 0 Å². The van der Waals surface area contributed by atoms with E-state index in [0.29, 0.717) is 29.9 Å². The SMILES string of the molecule is C[Se]/C=C(\Cl)[Se]C. The molecule has 3 heteroatoms. The van der Waals surface area contributed by atoms with Gasteiger partial charge in [-0.1, -0.05) is 0 Å². The van der Waals surface area contributed by atoms with Gasteiger partial charge in [-0.05, 0) is 0 Å². The van der Waals surface area contributed by atoms with Gasteiger partial charge < -0.3 is 0 Å². The molecule has 0 aromatic rings. The van der Waals surface area contributed by atoms with E-state index in [-0.39, 0.29) is 0 Å².